The molecule has 1 saturated heterocycles. The van der Waals surface area contributed by atoms with Crippen molar-refractivity contribution < 1.29 is 4.74 Å². The number of hydrogen-bond donors (Lipinski definition) is 1. The molecule has 1 heterocycles. The molecule has 3 rings (SSSR count). The molecule has 1 aliphatic heterocycles. The number of fused-ring (bicyclic) bond motifs is 1. The van der Waals surface area contributed by atoms with Gasteiger partial charge in [0.25, 0.3) is 0 Å². The SMILES string of the molecule is NC(=S)C1CN(Cc2cccc3ccccc23)CCO1. The zero-order valence-electron chi connectivity index (χ0n) is 11.3. The van der Waals surface area contributed by atoms with Crippen LogP contribution in [0.3, 0.4) is 0 Å². The lowest BCUT2D eigenvalue weighted by molar-refractivity contribution is 0.00406. The first kappa shape index (κ1) is 13.5. The van der Waals surface area contributed by atoms with E-state index in [1.807, 2.05) is 0 Å². The molecule has 0 aromatic heterocycles. The maximum absolute atomic E-state index is 5.69. The van der Waals surface area contributed by atoms with Crippen LogP contribution in [0, 0.1) is 0 Å². The number of morpholine rings is 1. The highest BCUT2D eigenvalue weighted by Gasteiger charge is 2.22. The quantitative estimate of drug-likeness (QED) is 0.879. The van der Waals surface area contributed by atoms with Gasteiger partial charge in [-0.15, -0.1) is 0 Å². The summed E-state index contributed by atoms with van der Waals surface area (Å²) in [5.74, 6) is 0. The largest absolute Gasteiger partial charge is 0.391 e. The van der Waals surface area contributed by atoms with Crippen LogP contribution in [0.15, 0.2) is 42.5 Å². The van der Waals surface area contributed by atoms with Crippen molar-refractivity contribution in [3.63, 3.8) is 0 Å². The molecule has 1 aliphatic rings. The van der Waals surface area contributed by atoms with E-state index in [-0.39, 0.29) is 6.10 Å². The van der Waals surface area contributed by atoms with Crippen LogP contribution >= 0.6 is 12.2 Å². The fourth-order valence-electron chi connectivity index (χ4n) is 2.69. The van der Waals surface area contributed by atoms with Gasteiger partial charge >= 0.3 is 0 Å². The summed E-state index contributed by atoms with van der Waals surface area (Å²) in [7, 11) is 0. The van der Waals surface area contributed by atoms with Crippen molar-refractivity contribution in [3.8, 4) is 0 Å². The lowest BCUT2D eigenvalue weighted by atomic mass is 10.0. The van der Waals surface area contributed by atoms with Crippen molar-refractivity contribution in [3.05, 3.63) is 48.0 Å². The number of nitrogens with zero attached hydrogens (tertiary/aromatic N) is 1. The Labute approximate surface area is 124 Å². The standard InChI is InChI=1S/C16H18N2OS/c17-16(20)15-11-18(8-9-19-15)10-13-6-3-5-12-4-1-2-7-14(12)13/h1-7,15H,8-11H2,(H2,17,20). The fraction of sp³-hybridized carbons (Fsp3) is 0.312. The monoisotopic (exact) mass is 286 g/mol. The number of benzene rings is 2. The summed E-state index contributed by atoms with van der Waals surface area (Å²) in [5.41, 5.74) is 7.03. The lowest BCUT2D eigenvalue weighted by Gasteiger charge is -2.32. The molecule has 2 N–H and O–H groups in total. The molecule has 0 aliphatic carbocycles. The Balaban J connectivity index is 1.81. The Kier molecular flexibility index (Phi) is 3.96. The van der Waals surface area contributed by atoms with Crippen LogP contribution in [0.4, 0.5) is 0 Å². The molecule has 2 aromatic carbocycles. The van der Waals surface area contributed by atoms with Crippen LogP contribution in [-0.4, -0.2) is 35.7 Å². The van der Waals surface area contributed by atoms with E-state index in [0.717, 1.165) is 19.6 Å². The molecule has 1 fully saturated rings. The van der Waals surface area contributed by atoms with Gasteiger partial charge in [-0.25, -0.2) is 0 Å². The summed E-state index contributed by atoms with van der Waals surface area (Å²) < 4.78 is 5.59. The fourth-order valence-corrected chi connectivity index (χ4v) is 2.83. The highest BCUT2D eigenvalue weighted by Crippen LogP contribution is 2.21. The molecular weight excluding hydrogens is 268 g/mol. The van der Waals surface area contributed by atoms with Crippen molar-refractivity contribution in [2.24, 2.45) is 5.73 Å². The van der Waals surface area contributed by atoms with E-state index in [2.05, 4.69) is 47.4 Å². The molecule has 0 bridgehead atoms. The van der Waals surface area contributed by atoms with E-state index < -0.39 is 0 Å². The molecule has 20 heavy (non-hydrogen) atoms. The highest BCUT2D eigenvalue weighted by atomic mass is 32.1. The predicted molar refractivity (Wildman–Crippen MR) is 85.8 cm³/mol. The first-order chi connectivity index (χ1) is 9.74. The van der Waals surface area contributed by atoms with Crippen LogP contribution in [0.2, 0.25) is 0 Å². The zero-order chi connectivity index (χ0) is 13.9. The first-order valence-corrected chi connectivity index (χ1v) is 7.25. The lowest BCUT2D eigenvalue weighted by Crippen LogP contribution is -2.47. The second-order valence-corrected chi connectivity index (χ2v) is 5.61. The average Bonchev–Trinajstić information content (AvgIpc) is 2.48. The number of nitrogens with two attached hydrogens (primary N) is 1. The summed E-state index contributed by atoms with van der Waals surface area (Å²) in [5, 5.41) is 2.59. The molecule has 3 nitrogen and oxygen atoms in total. The minimum absolute atomic E-state index is 0.117. The Morgan fingerprint density at radius 3 is 2.90 bits per heavy atom. The van der Waals surface area contributed by atoms with Crippen molar-refractivity contribution >= 4 is 28.0 Å². The molecule has 1 atom stereocenters. The van der Waals surface area contributed by atoms with Crippen molar-refractivity contribution in [1.82, 2.24) is 4.90 Å². The third kappa shape index (κ3) is 2.82. The van der Waals surface area contributed by atoms with Gasteiger partial charge in [0, 0.05) is 19.6 Å². The van der Waals surface area contributed by atoms with Gasteiger partial charge in [-0.1, -0.05) is 54.7 Å². The molecule has 0 spiro atoms. The van der Waals surface area contributed by atoms with E-state index in [9.17, 15) is 0 Å². The Morgan fingerprint density at radius 1 is 1.25 bits per heavy atom. The van der Waals surface area contributed by atoms with Crippen LogP contribution < -0.4 is 5.73 Å². The van der Waals surface area contributed by atoms with Gasteiger partial charge in [0.1, 0.15) is 11.1 Å². The highest BCUT2D eigenvalue weighted by molar-refractivity contribution is 7.80. The summed E-state index contributed by atoms with van der Waals surface area (Å²) >= 11 is 5.04. The minimum Gasteiger partial charge on any atom is -0.391 e. The first-order valence-electron chi connectivity index (χ1n) is 6.84. The Morgan fingerprint density at radius 2 is 2.05 bits per heavy atom. The Bertz CT molecular complexity index is 623. The summed E-state index contributed by atoms with van der Waals surface area (Å²) in [4.78, 5) is 2.81. The van der Waals surface area contributed by atoms with E-state index in [1.165, 1.54) is 16.3 Å². The average molecular weight is 286 g/mol. The molecule has 0 amide bonds. The normalized spacial score (nSPS) is 20.1. The summed E-state index contributed by atoms with van der Waals surface area (Å²) in [6.07, 6.45) is -0.117. The number of thiocarbonyl (C=S) groups is 1. The van der Waals surface area contributed by atoms with Crippen LogP contribution in [-0.2, 0) is 11.3 Å². The maximum Gasteiger partial charge on any atom is 0.120 e. The molecule has 2 aromatic rings. The van der Waals surface area contributed by atoms with E-state index in [1.54, 1.807) is 0 Å². The Hall–Kier alpha value is -1.49. The molecule has 0 radical (unpaired) electrons. The van der Waals surface area contributed by atoms with Gasteiger partial charge in [0.15, 0.2) is 0 Å². The third-order valence-corrected chi connectivity index (χ3v) is 4.00. The number of rotatable bonds is 3. The van der Waals surface area contributed by atoms with Crippen molar-refractivity contribution in [2.75, 3.05) is 19.7 Å². The van der Waals surface area contributed by atoms with Crippen LogP contribution in [0.25, 0.3) is 10.8 Å². The van der Waals surface area contributed by atoms with Gasteiger partial charge in [-0.2, -0.15) is 0 Å². The zero-order valence-corrected chi connectivity index (χ0v) is 12.1. The van der Waals surface area contributed by atoms with Gasteiger partial charge in [-0.05, 0) is 16.3 Å². The molecule has 1 unspecified atom stereocenters. The van der Waals surface area contributed by atoms with Crippen molar-refractivity contribution in [2.45, 2.75) is 12.6 Å². The van der Waals surface area contributed by atoms with Crippen molar-refractivity contribution in [1.29, 1.82) is 0 Å². The predicted octanol–water partition coefficient (Wildman–Crippen LogP) is 2.33. The summed E-state index contributed by atoms with van der Waals surface area (Å²) in [6.45, 7) is 3.29. The summed E-state index contributed by atoms with van der Waals surface area (Å²) in [6, 6.07) is 14.9. The van der Waals surface area contributed by atoms with Gasteiger partial charge < -0.3 is 10.5 Å². The van der Waals surface area contributed by atoms with E-state index in [4.69, 9.17) is 22.7 Å². The second kappa shape index (κ2) is 5.87. The second-order valence-electron chi connectivity index (χ2n) is 5.14. The van der Waals surface area contributed by atoms with E-state index in [0.29, 0.717) is 11.6 Å². The maximum atomic E-state index is 5.69. The molecule has 4 heteroatoms. The minimum atomic E-state index is -0.117. The third-order valence-electron chi connectivity index (χ3n) is 3.74. The smallest absolute Gasteiger partial charge is 0.120 e. The van der Waals surface area contributed by atoms with E-state index >= 15 is 0 Å². The number of ether oxygens (including phenoxy) is 1. The topological polar surface area (TPSA) is 38.5 Å². The van der Waals surface area contributed by atoms with Gasteiger partial charge in [0.05, 0.1) is 6.61 Å². The molecular formula is C16H18N2OS. The molecule has 104 valence electrons. The number of hydrogen-bond acceptors (Lipinski definition) is 3. The molecule has 0 saturated carbocycles. The van der Waals surface area contributed by atoms with Gasteiger partial charge in [-0.3, -0.25) is 4.90 Å². The van der Waals surface area contributed by atoms with Gasteiger partial charge in [0.2, 0.25) is 0 Å². The van der Waals surface area contributed by atoms with Crippen LogP contribution in [0.1, 0.15) is 5.56 Å². The van der Waals surface area contributed by atoms with Crippen LogP contribution in [0.5, 0.6) is 0 Å².